The zero-order chi connectivity index (χ0) is 39.4. The molecular weight excluding hydrogens is 684 g/mol. The summed E-state index contributed by atoms with van der Waals surface area (Å²) in [5.41, 5.74) is 1.14. The summed E-state index contributed by atoms with van der Waals surface area (Å²) in [6.07, 6.45) is 7.59. The fourth-order valence-electron chi connectivity index (χ4n) is 7.39. The van der Waals surface area contributed by atoms with Gasteiger partial charge in [-0.1, -0.05) is 90.5 Å². The highest BCUT2D eigenvalue weighted by molar-refractivity contribution is 6.03. The van der Waals surface area contributed by atoms with Crippen LogP contribution in [0.3, 0.4) is 0 Å². The van der Waals surface area contributed by atoms with E-state index in [1.54, 1.807) is 0 Å². The van der Waals surface area contributed by atoms with Gasteiger partial charge in [0.2, 0.25) is 0 Å². The first-order valence-corrected chi connectivity index (χ1v) is 20.8. The number of unbranched alkanes of at least 4 members (excludes halogenated alkanes) is 2. The monoisotopic (exact) mass is 757 g/mol. The number of aliphatic hydroxyl groups excluding tert-OH is 2. The second kappa shape index (κ2) is 23.8. The number of benzene rings is 1. The van der Waals surface area contributed by atoms with E-state index in [1.165, 1.54) is 0 Å². The fraction of sp³-hybridized carbons (Fsp3) is 0.762. The molecule has 54 heavy (non-hydrogen) atoms. The van der Waals surface area contributed by atoms with E-state index in [2.05, 4.69) is 72.4 Å². The van der Waals surface area contributed by atoms with Crippen LogP contribution < -0.4 is 10.6 Å². The minimum Gasteiger partial charge on any atom is -0.462 e. The SMILES string of the molecule is CCCCC(C)(CCC)C(=O)OCC(O)CNCCN1CCN=C1c1ccc(C2=NCCN2CCNCC(O)COC(=O)C(C)(CCC)CCCC)cc1. The molecule has 4 unspecified atom stereocenters. The van der Waals surface area contributed by atoms with Gasteiger partial charge in [0.1, 0.15) is 37.1 Å². The predicted octanol–water partition coefficient (Wildman–Crippen LogP) is 4.79. The van der Waals surface area contributed by atoms with Crippen LogP contribution in [0, 0.1) is 10.8 Å². The number of hydrogen-bond acceptors (Lipinski definition) is 12. The van der Waals surface area contributed by atoms with Gasteiger partial charge in [0.05, 0.1) is 23.9 Å². The number of ether oxygens (including phenoxy) is 2. The molecule has 3 rings (SSSR count). The highest BCUT2D eigenvalue weighted by atomic mass is 16.5. The third-order valence-electron chi connectivity index (χ3n) is 10.7. The van der Waals surface area contributed by atoms with Crippen molar-refractivity contribution in [3.05, 3.63) is 35.4 Å². The average Bonchev–Trinajstić information content (AvgIpc) is 3.85. The van der Waals surface area contributed by atoms with Crippen LogP contribution in [0.25, 0.3) is 0 Å². The van der Waals surface area contributed by atoms with Gasteiger partial charge in [-0.15, -0.1) is 0 Å². The van der Waals surface area contributed by atoms with Crippen LogP contribution in [-0.4, -0.2) is 134 Å². The first-order valence-electron chi connectivity index (χ1n) is 20.8. The summed E-state index contributed by atoms with van der Waals surface area (Å²) in [6.45, 7) is 19.1. The van der Waals surface area contributed by atoms with Gasteiger partial charge in [-0.05, 0) is 39.5 Å². The lowest BCUT2D eigenvalue weighted by molar-refractivity contribution is -0.159. The van der Waals surface area contributed by atoms with Gasteiger partial charge in [0, 0.05) is 63.5 Å². The molecule has 12 nitrogen and oxygen atoms in total. The molecule has 0 spiro atoms. The Morgan fingerprint density at radius 3 is 1.43 bits per heavy atom. The summed E-state index contributed by atoms with van der Waals surface area (Å²) < 4.78 is 11.1. The maximum Gasteiger partial charge on any atom is 0.311 e. The molecule has 306 valence electrons. The molecule has 0 aromatic heterocycles. The van der Waals surface area contributed by atoms with Crippen LogP contribution in [0.5, 0.6) is 0 Å². The third-order valence-corrected chi connectivity index (χ3v) is 10.7. The van der Waals surface area contributed by atoms with Crippen molar-refractivity contribution in [2.24, 2.45) is 20.8 Å². The van der Waals surface area contributed by atoms with Crippen molar-refractivity contribution >= 4 is 23.6 Å². The lowest BCUT2D eigenvalue weighted by Gasteiger charge is -2.27. The maximum absolute atomic E-state index is 12.8. The molecule has 1 aromatic carbocycles. The van der Waals surface area contributed by atoms with Crippen LogP contribution in [0.15, 0.2) is 34.3 Å². The first-order chi connectivity index (χ1) is 26.0. The van der Waals surface area contributed by atoms with Gasteiger partial charge in [0.15, 0.2) is 0 Å². The van der Waals surface area contributed by atoms with Crippen LogP contribution in [0.4, 0.5) is 0 Å². The molecule has 0 aliphatic carbocycles. The van der Waals surface area contributed by atoms with Crippen LogP contribution in [-0.2, 0) is 19.1 Å². The number of esters is 2. The van der Waals surface area contributed by atoms with Crippen molar-refractivity contribution in [3.8, 4) is 0 Å². The highest BCUT2D eigenvalue weighted by Gasteiger charge is 2.34. The third kappa shape index (κ3) is 14.2. The zero-order valence-corrected chi connectivity index (χ0v) is 34.3. The van der Waals surface area contributed by atoms with E-state index in [0.717, 1.165) is 126 Å². The van der Waals surface area contributed by atoms with E-state index < -0.39 is 23.0 Å². The Morgan fingerprint density at radius 1 is 0.685 bits per heavy atom. The van der Waals surface area contributed by atoms with Gasteiger partial charge >= 0.3 is 11.9 Å². The molecule has 0 bridgehead atoms. The van der Waals surface area contributed by atoms with E-state index in [1.807, 2.05) is 13.8 Å². The lowest BCUT2D eigenvalue weighted by Crippen LogP contribution is -2.39. The topological polar surface area (TPSA) is 148 Å². The molecule has 2 aliphatic heterocycles. The van der Waals surface area contributed by atoms with Crippen LogP contribution >= 0.6 is 0 Å². The normalized spacial score (nSPS) is 17.8. The highest BCUT2D eigenvalue weighted by Crippen LogP contribution is 2.32. The molecular formula is C42H72N6O6. The summed E-state index contributed by atoms with van der Waals surface area (Å²) in [7, 11) is 0. The number of carbonyl (C=O) groups excluding carboxylic acids is 2. The molecule has 4 atom stereocenters. The van der Waals surface area contributed by atoms with Crippen LogP contribution in [0.1, 0.15) is 117 Å². The fourth-order valence-corrected chi connectivity index (χ4v) is 7.39. The Kier molecular flexibility index (Phi) is 20.0. The average molecular weight is 757 g/mol. The molecule has 0 saturated carbocycles. The van der Waals surface area contributed by atoms with E-state index in [9.17, 15) is 19.8 Å². The number of carbonyl (C=O) groups is 2. The molecule has 0 amide bonds. The Balaban J connectivity index is 1.38. The zero-order valence-electron chi connectivity index (χ0n) is 34.3. The molecule has 2 aliphatic rings. The van der Waals surface area contributed by atoms with E-state index in [-0.39, 0.29) is 25.2 Å². The largest absolute Gasteiger partial charge is 0.462 e. The summed E-state index contributed by atoms with van der Waals surface area (Å²) in [6, 6.07) is 8.42. The standard InChI is InChI=1S/C42H72N6O6/c1-7-11-19-41(5,17-9-3)39(51)53-31-35(49)29-43-21-25-47-27-23-45-37(47)33-13-15-34(16-14-33)38-46-24-28-48(38)26-22-44-30-36(50)32-54-40(52)42(6,18-10-4)20-12-8-2/h13-16,35-36,43-44,49-50H,7-12,17-32H2,1-6H3. The van der Waals surface area contributed by atoms with Crippen molar-refractivity contribution in [2.75, 3.05) is 78.7 Å². The summed E-state index contributed by atoms with van der Waals surface area (Å²) in [5, 5.41) is 27.6. The maximum atomic E-state index is 12.8. The summed E-state index contributed by atoms with van der Waals surface area (Å²) in [4.78, 5) is 39.7. The van der Waals surface area contributed by atoms with Crippen molar-refractivity contribution in [3.63, 3.8) is 0 Å². The first kappa shape index (κ1) is 45.3. The second-order valence-corrected chi connectivity index (χ2v) is 15.7. The number of hydrogen-bond donors (Lipinski definition) is 4. The summed E-state index contributed by atoms with van der Waals surface area (Å²) >= 11 is 0. The Hall–Kier alpha value is -3.06. The number of aliphatic hydroxyl groups is 2. The smallest absolute Gasteiger partial charge is 0.311 e. The molecule has 1 aromatic rings. The minimum absolute atomic E-state index is 0.000836. The molecule has 2 heterocycles. The van der Waals surface area contributed by atoms with Crippen molar-refractivity contribution < 1.29 is 29.3 Å². The summed E-state index contributed by atoms with van der Waals surface area (Å²) in [5.74, 6) is 1.52. The van der Waals surface area contributed by atoms with E-state index >= 15 is 0 Å². The second-order valence-electron chi connectivity index (χ2n) is 15.7. The van der Waals surface area contributed by atoms with E-state index in [4.69, 9.17) is 19.5 Å². The predicted molar refractivity (Wildman–Crippen MR) is 217 cm³/mol. The van der Waals surface area contributed by atoms with Crippen molar-refractivity contribution in [1.82, 2.24) is 20.4 Å². The number of nitrogens with one attached hydrogen (secondary N) is 2. The van der Waals surface area contributed by atoms with Crippen LogP contribution in [0.2, 0.25) is 0 Å². The molecule has 12 heteroatoms. The number of rotatable bonds is 28. The molecule has 4 N–H and O–H groups in total. The van der Waals surface area contributed by atoms with Gasteiger partial charge in [-0.3, -0.25) is 19.6 Å². The lowest BCUT2D eigenvalue weighted by atomic mass is 9.81. The van der Waals surface area contributed by atoms with Gasteiger partial charge in [-0.2, -0.15) is 0 Å². The quantitative estimate of drug-likeness (QED) is 0.0695. The Bertz CT molecular complexity index is 1230. The number of aliphatic imine (C=N–C) groups is 2. The van der Waals surface area contributed by atoms with Gasteiger partial charge in [-0.25, -0.2) is 0 Å². The van der Waals surface area contributed by atoms with Crippen molar-refractivity contribution in [2.45, 2.75) is 118 Å². The Morgan fingerprint density at radius 2 is 1.07 bits per heavy atom. The Labute approximate surface area is 325 Å². The van der Waals surface area contributed by atoms with Crippen molar-refractivity contribution in [1.29, 1.82) is 0 Å². The van der Waals surface area contributed by atoms with Gasteiger partial charge < -0.3 is 40.1 Å². The minimum atomic E-state index is -0.760. The van der Waals surface area contributed by atoms with Gasteiger partial charge in [0.25, 0.3) is 0 Å². The number of nitrogens with zero attached hydrogens (tertiary/aromatic N) is 4. The molecule has 0 radical (unpaired) electrons. The molecule has 0 saturated heterocycles. The number of amidine groups is 2. The van der Waals surface area contributed by atoms with E-state index in [0.29, 0.717) is 26.2 Å². The molecule has 0 fully saturated rings.